The van der Waals surface area contributed by atoms with Crippen molar-refractivity contribution in [3.63, 3.8) is 0 Å². The van der Waals surface area contributed by atoms with E-state index in [2.05, 4.69) is 10.6 Å². The van der Waals surface area contributed by atoms with Crippen molar-refractivity contribution in [2.45, 2.75) is 33.2 Å². The maximum absolute atomic E-state index is 11.3. The van der Waals surface area contributed by atoms with Gasteiger partial charge in [-0.3, -0.25) is 9.59 Å². The van der Waals surface area contributed by atoms with Crippen LogP contribution in [0, 0.1) is 16.7 Å². The monoisotopic (exact) mass is 241 g/mol. The van der Waals surface area contributed by atoms with E-state index in [1.54, 1.807) is 33.8 Å². The number of aliphatic carboxylic acids is 1. The lowest BCUT2D eigenvalue weighted by Crippen LogP contribution is -2.57. The molecule has 0 aromatic rings. The Labute approximate surface area is 101 Å². The predicted molar refractivity (Wildman–Crippen MR) is 62.1 cm³/mol. The Hall–Kier alpha value is -1.61. The second-order valence-electron chi connectivity index (χ2n) is 4.84. The van der Waals surface area contributed by atoms with E-state index in [-0.39, 0.29) is 19.0 Å². The molecule has 0 atom stereocenters. The summed E-state index contributed by atoms with van der Waals surface area (Å²) < 4.78 is 0. The first-order valence-corrected chi connectivity index (χ1v) is 5.27. The van der Waals surface area contributed by atoms with E-state index in [9.17, 15) is 9.59 Å². The average molecular weight is 241 g/mol. The van der Waals surface area contributed by atoms with Crippen LogP contribution in [-0.4, -0.2) is 35.6 Å². The van der Waals surface area contributed by atoms with E-state index < -0.39 is 16.9 Å². The number of nitriles is 1. The molecule has 0 aliphatic rings. The molecule has 17 heavy (non-hydrogen) atoms. The smallest absolute Gasteiger partial charge is 0.310 e. The van der Waals surface area contributed by atoms with Crippen LogP contribution in [0.4, 0.5) is 0 Å². The lowest BCUT2D eigenvalue weighted by molar-refractivity contribution is -0.151. The third-order valence-corrected chi connectivity index (χ3v) is 3.15. The zero-order valence-corrected chi connectivity index (χ0v) is 10.6. The molecule has 0 saturated carbocycles. The number of nitrogens with one attached hydrogen (secondary N) is 2. The number of carbonyl (C=O) groups is 2. The van der Waals surface area contributed by atoms with Crippen LogP contribution in [0.2, 0.25) is 0 Å². The minimum absolute atomic E-state index is 0.0224. The molecule has 96 valence electrons. The molecular formula is C11H19N3O3. The molecule has 0 rings (SSSR count). The van der Waals surface area contributed by atoms with Crippen LogP contribution in [0.3, 0.4) is 0 Å². The summed E-state index contributed by atoms with van der Waals surface area (Å²) in [7, 11) is 0. The normalized spacial score (nSPS) is 11.7. The van der Waals surface area contributed by atoms with Gasteiger partial charge in [0.2, 0.25) is 5.91 Å². The third kappa shape index (κ3) is 4.04. The fourth-order valence-electron chi connectivity index (χ4n) is 0.990. The number of rotatable bonds is 6. The largest absolute Gasteiger partial charge is 0.481 e. The molecule has 0 fully saturated rings. The van der Waals surface area contributed by atoms with Crippen LogP contribution in [0.25, 0.3) is 0 Å². The number of nitrogens with zero attached hydrogens (tertiary/aromatic N) is 1. The summed E-state index contributed by atoms with van der Waals surface area (Å²) in [5.41, 5.74) is -1.76. The number of carboxylic acids is 1. The van der Waals surface area contributed by atoms with Gasteiger partial charge < -0.3 is 15.7 Å². The lowest BCUT2D eigenvalue weighted by atomic mass is 9.74. The quantitative estimate of drug-likeness (QED) is 0.573. The first kappa shape index (κ1) is 15.4. The highest BCUT2D eigenvalue weighted by molar-refractivity contribution is 5.79. The molecule has 0 spiro atoms. The van der Waals surface area contributed by atoms with Gasteiger partial charge in [0.15, 0.2) is 0 Å². The Bertz CT molecular complexity index is 342. The summed E-state index contributed by atoms with van der Waals surface area (Å²) in [6, 6.07) is 1.79. The topological polar surface area (TPSA) is 102 Å². The van der Waals surface area contributed by atoms with Crippen LogP contribution in [-0.2, 0) is 9.59 Å². The van der Waals surface area contributed by atoms with Gasteiger partial charge in [0.25, 0.3) is 0 Å². The van der Waals surface area contributed by atoms with Crippen molar-refractivity contribution in [1.29, 1.82) is 5.26 Å². The van der Waals surface area contributed by atoms with Gasteiger partial charge in [-0.25, -0.2) is 0 Å². The Morgan fingerprint density at radius 1 is 1.29 bits per heavy atom. The molecule has 0 unspecified atom stereocenters. The van der Waals surface area contributed by atoms with Crippen LogP contribution < -0.4 is 10.6 Å². The van der Waals surface area contributed by atoms with Crippen molar-refractivity contribution in [2.24, 2.45) is 5.41 Å². The van der Waals surface area contributed by atoms with Gasteiger partial charge in [-0.1, -0.05) is 0 Å². The molecule has 0 heterocycles. The van der Waals surface area contributed by atoms with Gasteiger partial charge in [-0.05, 0) is 27.7 Å². The average Bonchev–Trinajstić information content (AvgIpc) is 2.23. The summed E-state index contributed by atoms with van der Waals surface area (Å²) >= 11 is 0. The fourth-order valence-corrected chi connectivity index (χ4v) is 0.990. The molecule has 0 bridgehead atoms. The summed E-state index contributed by atoms with van der Waals surface area (Å²) in [4.78, 5) is 22.4. The molecule has 0 aromatic carbocycles. The summed E-state index contributed by atoms with van der Waals surface area (Å²) in [5, 5.41) is 22.6. The van der Waals surface area contributed by atoms with E-state index in [1.807, 2.05) is 0 Å². The number of carbonyl (C=O) groups excluding carboxylic acids is 1. The SMILES string of the molecule is CC(C)(NCC(=O)NCC#N)C(C)(C)C(=O)O. The fraction of sp³-hybridized carbons (Fsp3) is 0.727. The van der Waals surface area contributed by atoms with Crippen molar-refractivity contribution in [3.8, 4) is 6.07 Å². The number of amides is 1. The van der Waals surface area contributed by atoms with Crippen LogP contribution in [0.1, 0.15) is 27.7 Å². The first-order chi connectivity index (χ1) is 7.65. The molecule has 3 N–H and O–H groups in total. The maximum atomic E-state index is 11.3. The van der Waals surface area contributed by atoms with Crippen LogP contribution in [0.15, 0.2) is 0 Å². The highest BCUT2D eigenvalue weighted by Gasteiger charge is 2.43. The Morgan fingerprint density at radius 2 is 1.82 bits per heavy atom. The molecule has 6 nitrogen and oxygen atoms in total. The zero-order valence-electron chi connectivity index (χ0n) is 10.6. The standard InChI is InChI=1S/C11H19N3O3/c1-10(2,9(16)17)11(3,4)14-7-8(15)13-6-5-12/h14H,6-7H2,1-4H3,(H,13,15)(H,16,17). The minimum Gasteiger partial charge on any atom is -0.481 e. The molecule has 0 aliphatic carbocycles. The maximum Gasteiger partial charge on any atom is 0.310 e. The zero-order chi connectivity index (χ0) is 13.7. The molecule has 0 radical (unpaired) electrons. The molecule has 1 amide bonds. The van der Waals surface area contributed by atoms with Gasteiger partial charge in [0, 0.05) is 5.54 Å². The lowest BCUT2D eigenvalue weighted by Gasteiger charge is -2.38. The van der Waals surface area contributed by atoms with E-state index in [0.717, 1.165) is 0 Å². The van der Waals surface area contributed by atoms with E-state index in [1.165, 1.54) is 0 Å². The highest BCUT2D eigenvalue weighted by Crippen LogP contribution is 2.30. The molecule has 0 saturated heterocycles. The Morgan fingerprint density at radius 3 is 2.24 bits per heavy atom. The predicted octanol–water partition coefficient (Wildman–Crippen LogP) is 0.105. The second-order valence-corrected chi connectivity index (χ2v) is 4.84. The van der Waals surface area contributed by atoms with E-state index in [0.29, 0.717) is 0 Å². The number of hydrogen-bond donors (Lipinski definition) is 3. The molecule has 0 aromatic heterocycles. The summed E-state index contributed by atoms with van der Waals surface area (Å²) in [6.07, 6.45) is 0. The first-order valence-electron chi connectivity index (χ1n) is 5.27. The molecular weight excluding hydrogens is 222 g/mol. The second kappa shape index (κ2) is 5.64. The van der Waals surface area contributed by atoms with Gasteiger partial charge in [0.05, 0.1) is 18.0 Å². The Balaban J connectivity index is 4.42. The van der Waals surface area contributed by atoms with Gasteiger partial charge in [0.1, 0.15) is 6.54 Å². The van der Waals surface area contributed by atoms with Crippen molar-refractivity contribution in [3.05, 3.63) is 0 Å². The van der Waals surface area contributed by atoms with Crippen LogP contribution >= 0.6 is 0 Å². The van der Waals surface area contributed by atoms with Crippen molar-refractivity contribution >= 4 is 11.9 Å². The summed E-state index contributed by atoms with van der Waals surface area (Å²) in [6.45, 7) is 6.55. The number of carboxylic acid groups (broad SMARTS) is 1. The van der Waals surface area contributed by atoms with Gasteiger partial charge in [-0.15, -0.1) is 0 Å². The molecule has 0 aliphatic heterocycles. The van der Waals surface area contributed by atoms with Crippen molar-refractivity contribution in [2.75, 3.05) is 13.1 Å². The Kier molecular flexibility index (Phi) is 5.10. The van der Waals surface area contributed by atoms with Crippen LogP contribution in [0.5, 0.6) is 0 Å². The molecule has 6 heteroatoms. The highest BCUT2D eigenvalue weighted by atomic mass is 16.4. The number of hydrogen-bond acceptors (Lipinski definition) is 4. The van der Waals surface area contributed by atoms with Gasteiger partial charge >= 0.3 is 5.97 Å². The third-order valence-electron chi connectivity index (χ3n) is 3.15. The van der Waals surface area contributed by atoms with Crippen molar-refractivity contribution in [1.82, 2.24) is 10.6 Å². The van der Waals surface area contributed by atoms with Gasteiger partial charge in [-0.2, -0.15) is 5.26 Å². The summed E-state index contributed by atoms with van der Waals surface area (Å²) in [5.74, 6) is -1.27. The van der Waals surface area contributed by atoms with E-state index >= 15 is 0 Å². The van der Waals surface area contributed by atoms with Crippen molar-refractivity contribution < 1.29 is 14.7 Å². The van der Waals surface area contributed by atoms with E-state index in [4.69, 9.17) is 10.4 Å². The minimum atomic E-state index is -1.01.